The second-order valence-electron chi connectivity index (χ2n) is 6.25. The number of amides is 1. The summed E-state index contributed by atoms with van der Waals surface area (Å²) >= 11 is 6.32. The Balaban J connectivity index is 1.98. The summed E-state index contributed by atoms with van der Waals surface area (Å²) in [5.74, 6) is 1.69. The molecule has 0 aliphatic rings. The summed E-state index contributed by atoms with van der Waals surface area (Å²) in [5, 5.41) is 0.592. The Hall–Kier alpha value is -3.12. The number of halogens is 1. The maximum Gasteiger partial charge on any atom is 0.254 e. The highest BCUT2D eigenvalue weighted by molar-refractivity contribution is 6.31. The van der Waals surface area contributed by atoms with E-state index in [4.69, 9.17) is 30.2 Å². The number of carbonyl (C=O) groups excluding carboxylic acids is 1. The van der Waals surface area contributed by atoms with Gasteiger partial charge in [-0.15, -0.1) is 0 Å². The number of benzene rings is 2. The van der Waals surface area contributed by atoms with Crippen LogP contribution in [0.15, 0.2) is 59.2 Å². The van der Waals surface area contributed by atoms with Gasteiger partial charge in [-0.25, -0.2) is 0 Å². The van der Waals surface area contributed by atoms with E-state index in [9.17, 15) is 4.79 Å². The molecule has 0 aliphatic carbocycles. The van der Waals surface area contributed by atoms with Gasteiger partial charge in [0.1, 0.15) is 5.76 Å². The van der Waals surface area contributed by atoms with Crippen molar-refractivity contribution in [1.29, 1.82) is 0 Å². The summed E-state index contributed by atoms with van der Waals surface area (Å²) in [6.07, 6.45) is 1.58. The van der Waals surface area contributed by atoms with E-state index >= 15 is 0 Å². The van der Waals surface area contributed by atoms with Gasteiger partial charge in [-0.1, -0.05) is 29.8 Å². The first-order chi connectivity index (χ1) is 14.1. The molecule has 0 fully saturated rings. The number of hydrogen-bond donors (Lipinski definition) is 0. The quantitative estimate of drug-likeness (QED) is 0.528. The van der Waals surface area contributed by atoms with Crippen molar-refractivity contribution >= 4 is 17.5 Å². The normalized spacial score (nSPS) is 10.5. The summed E-state index contributed by atoms with van der Waals surface area (Å²) in [7, 11) is 4.54. The van der Waals surface area contributed by atoms with Crippen LogP contribution in [0.5, 0.6) is 17.2 Å². The second-order valence-corrected chi connectivity index (χ2v) is 6.65. The number of ether oxygens (including phenoxy) is 3. The molecular weight excluding hydrogens is 394 g/mol. The molecule has 152 valence electrons. The van der Waals surface area contributed by atoms with Gasteiger partial charge in [-0.2, -0.15) is 0 Å². The third-order valence-corrected chi connectivity index (χ3v) is 4.81. The minimum Gasteiger partial charge on any atom is -0.493 e. The van der Waals surface area contributed by atoms with Crippen molar-refractivity contribution in [3.05, 3.63) is 76.7 Å². The zero-order valence-corrected chi connectivity index (χ0v) is 17.2. The van der Waals surface area contributed by atoms with Crippen LogP contribution in [0, 0.1) is 0 Å². The molecule has 1 amide bonds. The van der Waals surface area contributed by atoms with Crippen LogP contribution in [-0.2, 0) is 13.1 Å². The molecule has 0 N–H and O–H groups in total. The Morgan fingerprint density at radius 3 is 2.21 bits per heavy atom. The molecule has 0 unspecified atom stereocenters. The van der Waals surface area contributed by atoms with E-state index in [1.54, 1.807) is 35.4 Å². The number of furan rings is 1. The van der Waals surface area contributed by atoms with E-state index in [0.29, 0.717) is 40.1 Å². The van der Waals surface area contributed by atoms with Crippen LogP contribution in [0.2, 0.25) is 5.02 Å². The molecule has 0 radical (unpaired) electrons. The number of methoxy groups -OCH3 is 3. The Morgan fingerprint density at radius 1 is 0.966 bits per heavy atom. The van der Waals surface area contributed by atoms with E-state index in [2.05, 4.69) is 0 Å². The largest absolute Gasteiger partial charge is 0.493 e. The van der Waals surface area contributed by atoms with Gasteiger partial charge in [0.2, 0.25) is 5.75 Å². The summed E-state index contributed by atoms with van der Waals surface area (Å²) in [4.78, 5) is 15.1. The maximum atomic E-state index is 13.4. The average molecular weight is 416 g/mol. The van der Waals surface area contributed by atoms with Gasteiger partial charge in [-0.3, -0.25) is 4.79 Å². The van der Waals surface area contributed by atoms with Crippen molar-refractivity contribution in [3.63, 3.8) is 0 Å². The lowest BCUT2D eigenvalue weighted by atomic mass is 10.1. The van der Waals surface area contributed by atoms with Gasteiger partial charge in [-0.05, 0) is 35.9 Å². The van der Waals surface area contributed by atoms with Gasteiger partial charge in [0.15, 0.2) is 11.5 Å². The fraction of sp³-hybridized carbons (Fsp3) is 0.227. The van der Waals surface area contributed by atoms with Crippen LogP contribution in [0.4, 0.5) is 0 Å². The van der Waals surface area contributed by atoms with Gasteiger partial charge in [0, 0.05) is 17.1 Å². The predicted octanol–water partition coefficient (Wildman–Crippen LogP) is 4.80. The van der Waals surface area contributed by atoms with E-state index < -0.39 is 0 Å². The topological polar surface area (TPSA) is 61.1 Å². The first-order valence-electron chi connectivity index (χ1n) is 8.92. The summed E-state index contributed by atoms with van der Waals surface area (Å²) in [6.45, 7) is 0.601. The zero-order valence-electron chi connectivity index (χ0n) is 16.5. The Morgan fingerprint density at radius 2 is 1.66 bits per heavy atom. The zero-order chi connectivity index (χ0) is 20.8. The highest BCUT2D eigenvalue weighted by atomic mass is 35.5. The van der Waals surface area contributed by atoms with Crippen molar-refractivity contribution in [2.45, 2.75) is 13.1 Å². The average Bonchev–Trinajstić information content (AvgIpc) is 3.26. The minimum atomic E-state index is -0.222. The number of nitrogens with zero attached hydrogens (tertiary/aromatic N) is 1. The highest BCUT2D eigenvalue weighted by Crippen LogP contribution is 2.38. The van der Waals surface area contributed by atoms with Crippen LogP contribution in [0.25, 0.3) is 0 Å². The third-order valence-electron chi connectivity index (χ3n) is 4.44. The van der Waals surface area contributed by atoms with Gasteiger partial charge < -0.3 is 23.5 Å². The van der Waals surface area contributed by atoms with Crippen molar-refractivity contribution in [2.75, 3.05) is 21.3 Å². The maximum absolute atomic E-state index is 13.4. The van der Waals surface area contributed by atoms with Crippen LogP contribution in [-0.4, -0.2) is 32.1 Å². The number of rotatable bonds is 8. The van der Waals surface area contributed by atoms with Crippen molar-refractivity contribution in [2.24, 2.45) is 0 Å². The minimum absolute atomic E-state index is 0.222. The van der Waals surface area contributed by atoms with Crippen molar-refractivity contribution in [1.82, 2.24) is 4.90 Å². The fourth-order valence-electron chi connectivity index (χ4n) is 3.01. The molecule has 0 saturated heterocycles. The fourth-order valence-corrected chi connectivity index (χ4v) is 3.21. The first-order valence-corrected chi connectivity index (χ1v) is 9.30. The number of carbonyl (C=O) groups is 1. The summed E-state index contributed by atoms with van der Waals surface area (Å²) in [5.41, 5.74) is 1.24. The van der Waals surface area contributed by atoms with E-state index in [-0.39, 0.29) is 12.5 Å². The van der Waals surface area contributed by atoms with Crippen LogP contribution in [0.1, 0.15) is 21.7 Å². The summed E-state index contributed by atoms with van der Waals surface area (Å²) < 4.78 is 21.5. The second kappa shape index (κ2) is 9.39. The van der Waals surface area contributed by atoms with E-state index in [1.165, 1.54) is 21.3 Å². The van der Waals surface area contributed by atoms with Gasteiger partial charge in [0.25, 0.3) is 5.91 Å². The predicted molar refractivity (Wildman–Crippen MR) is 110 cm³/mol. The lowest BCUT2D eigenvalue weighted by molar-refractivity contribution is 0.0717. The molecule has 7 heteroatoms. The molecular formula is C22H22ClNO5. The van der Waals surface area contributed by atoms with E-state index in [1.807, 2.05) is 24.3 Å². The van der Waals surface area contributed by atoms with Crippen LogP contribution >= 0.6 is 11.6 Å². The Kier molecular flexibility index (Phi) is 6.67. The molecule has 0 aliphatic heterocycles. The first kappa shape index (κ1) is 20.6. The monoisotopic (exact) mass is 415 g/mol. The standard InChI is InChI=1S/C22H22ClNO5/c1-26-19-11-16(12-20(27-2)21(19)28-3)22(25)24(14-17-8-6-10-29-17)13-15-7-4-5-9-18(15)23/h4-12H,13-14H2,1-3H3. The molecule has 3 aromatic rings. The van der Waals surface area contributed by atoms with Gasteiger partial charge >= 0.3 is 0 Å². The Bertz CT molecular complexity index is 946. The van der Waals surface area contributed by atoms with Gasteiger partial charge in [0.05, 0.1) is 34.1 Å². The molecule has 0 atom stereocenters. The molecule has 6 nitrogen and oxygen atoms in total. The highest BCUT2D eigenvalue weighted by Gasteiger charge is 2.23. The molecule has 3 rings (SSSR count). The molecule has 2 aromatic carbocycles. The summed E-state index contributed by atoms with van der Waals surface area (Å²) in [6, 6.07) is 14.3. The van der Waals surface area contributed by atoms with Crippen molar-refractivity contribution in [3.8, 4) is 17.2 Å². The molecule has 0 bridgehead atoms. The molecule has 1 heterocycles. The third kappa shape index (κ3) is 4.66. The Labute approximate surface area is 174 Å². The molecule has 29 heavy (non-hydrogen) atoms. The number of hydrogen-bond acceptors (Lipinski definition) is 5. The van der Waals surface area contributed by atoms with Crippen molar-refractivity contribution < 1.29 is 23.4 Å². The lowest BCUT2D eigenvalue weighted by Crippen LogP contribution is -2.30. The SMILES string of the molecule is COc1cc(C(=O)N(Cc2ccco2)Cc2ccccc2Cl)cc(OC)c1OC. The van der Waals surface area contributed by atoms with E-state index in [0.717, 1.165) is 5.56 Å². The van der Waals surface area contributed by atoms with Crippen LogP contribution in [0.3, 0.4) is 0 Å². The lowest BCUT2D eigenvalue weighted by Gasteiger charge is -2.23. The molecule has 0 saturated carbocycles. The van der Waals surface area contributed by atoms with Crippen LogP contribution < -0.4 is 14.2 Å². The molecule has 1 aromatic heterocycles. The molecule has 0 spiro atoms. The smallest absolute Gasteiger partial charge is 0.254 e.